The van der Waals surface area contributed by atoms with Crippen molar-refractivity contribution in [2.24, 2.45) is 0 Å². The molecule has 0 aromatic carbocycles. The summed E-state index contributed by atoms with van der Waals surface area (Å²) in [6.45, 7) is 9.69. The van der Waals surface area contributed by atoms with Crippen LogP contribution in [0.25, 0.3) is 0 Å². The number of ether oxygens (including phenoxy) is 4. The molecule has 0 bridgehead atoms. The largest absolute Gasteiger partial charge is 0.379 e. The van der Waals surface area contributed by atoms with Gasteiger partial charge in [0.1, 0.15) is 18.9 Å². The summed E-state index contributed by atoms with van der Waals surface area (Å²) in [5, 5.41) is 0. The maximum absolute atomic E-state index is 13.5. The first-order valence-electron chi connectivity index (χ1n) is 10.0. The SMILES string of the molecule is CCCCOC[C@H](OCCCC)[C@H](OP)OC(CF)[C@H](C)OCCCC. The van der Waals surface area contributed by atoms with Crippen LogP contribution in [0, 0.1) is 0 Å². The van der Waals surface area contributed by atoms with Gasteiger partial charge in [-0.25, -0.2) is 4.39 Å². The molecule has 5 nitrogen and oxygen atoms in total. The highest BCUT2D eigenvalue weighted by Crippen LogP contribution is 2.17. The molecule has 0 radical (unpaired) electrons. The fourth-order valence-electron chi connectivity index (χ4n) is 2.20. The zero-order chi connectivity index (χ0) is 19.6. The Labute approximate surface area is 161 Å². The van der Waals surface area contributed by atoms with Gasteiger partial charge in [-0.05, 0) is 26.2 Å². The Bertz CT molecular complexity index is 299. The Morgan fingerprint density at radius 2 is 1.42 bits per heavy atom. The summed E-state index contributed by atoms with van der Waals surface area (Å²) >= 11 is 0. The summed E-state index contributed by atoms with van der Waals surface area (Å²) in [7, 11) is 2.19. The second kappa shape index (κ2) is 18.5. The minimum atomic E-state index is -0.726. The van der Waals surface area contributed by atoms with E-state index in [1.54, 1.807) is 0 Å². The van der Waals surface area contributed by atoms with Gasteiger partial charge in [-0.1, -0.05) is 40.0 Å². The van der Waals surface area contributed by atoms with Crippen LogP contribution in [0.5, 0.6) is 0 Å². The maximum atomic E-state index is 13.5. The van der Waals surface area contributed by atoms with E-state index in [0.29, 0.717) is 26.4 Å². The lowest BCUT2D eigenvalue weighted by molar-refractivity contribution is -0.217. The van der Waals surface area contributed by atoms with Crippen molar-refractivity contribution >= 4 is 9.47 Å². The lowest BCUT2D eigenvalue weighted by Gasteiger charge is -2.31. The maximum Gasteiger partial charge on any atom is 0.189 e. The van der Waals surface area contributed by atoms with Gasteiger partial charge in [0.05, 0.1) is 12.7 Å². The monoisotopic (exact) mass is 398 g/mol. The number of halogens is 1. The van der Waals surface area contributed by atoms with Crippen LogP contribution < -0.4 is 0 Å². The van der Waals surface area contributed by atoms with Gasteiger partial charge < -0.3 is 23.5 Å². The Kier molecular flexibility index (Phi) is 18.6. The molecule has 5 atom stereocenters. The summed E-state index contributed by atoms with van der Waals surface area (Å²) < 4.78 is 42.0. The molecule has 0 rings (SSSR count). The van der Waals surface area contributed by atoms with Crippen LogP contribution in [0.2, 0.25) is 0 Å². The number of unbranched alkanes of at least 4 members (excludes halogenated alkanes) is 3. The number of rotatable bonds is 19. The molecule has 0 saturated carbocycles. The molecule has 0 N–H and O–H groups in total. The number of hydrogen-bond acceptors (Lipinski definition) is 5. The first kappa shape index (κ1) is 26.2. The molecule has 0 fully saturated rings. The molecule has 0 aliphatic heterocycles. The zero-order valence-corrected chi connectivity index (χ0v) is 18.2. The summed E-state index contributed by atoms with van der Waals surface area (Å²) in [5.41, 5.74) is 0. The summed E-state index contributed by atoms with van der Waals surface area (Å²) in [5.74, 6) is 0. The van der Waals surface area contributed by atoms with Crippen LogP contribution >= 0.6 is 9.47 Å². The molecule has 158 valence electrons. The first-order valence-corrected chi connectivity index (χ1v) is 10.5. The average Bonchev–Trinajstić information content (AvgIpc) is 2.65. The second-order valence-corrected chi connectivity index (χ2v) is 6.73. The van der Waals surface area contributed by atoms with Crippen LogP contribution in [-0.4, -0.2) is 57.7 Å². The van der Waals surface area contributed by atoms with Gasteiger partial charge in [-0.3, -0.25) is 0 Å². The highest BCUT2D eigenvalue weighted by atomic mass is 31.0. The van der Waals surface area contributed by atoms with Gasteiger partial charge in [0.15, 0.2) is 6.29 Å². The van der Waals surface area contributed by atoms with Gasteiger partial charge in [0.25, 0.3) is 0 Å². The van der Waals surface area contributed by atoms with E-state index in [0.717, 1.165) is 38.5 Å². The minimum Gasteiger partial charge on any atom is -0.379 e. The quantitative estimate of drug-likeness (QED) is 0.180. The predicted molar refractivity (Wildman–Crippen MR) is 106 cm³/mol. The molecule has 0 aliphatic rings. The second-order valence-electron chi connectivity index (χ2n) is 6.45. The van der Waals surface area contributed by atoms with Crippen molar-refractivity contribution in [2.75, 3.05) is 33.1 Å². The summed E-state index contributed by atoms with van der Waals surface area (Å²) in [6.07, 6.45) is 3.82. The molecule has 2 unspecified atom stereocenters. The standard InChI is InChI=1S/C19H40FO5P/c1-5-8-11-21-15-18(23-13-10-7-3)19(25-26)24-17(14-20)16(4)22-12-9-6-2/h16-19H,5-15,26H2,1-4H3/t16-,17?,18-,19-/m0/s1. The van der Waals surface area contributed by atoms with E-state index in [9.17, 15) is 4.39 Å². The first-order chi connectivity index (χ1) is 12.6. The van der Waals surface area contributed by atoms with E-state index in [1.165, 1.54) is 0 Å². The summed E-state index contributed by atoms with van der Waals surface area (Å²) in [4.78, 5) is 0. The molecule has 0 saturated heterocycles. The Morgan fingerprint density at radius 3 is 1.96 bits per heavy atom. The summed E-state index contributed by atoms with van der Waals surface area (Å²) in [6, 6.07) is 0. The van der Waals surface area contributed by atoms with Crippen LogP contribution in [0.3, 0.4) is 0 Å². The lowest BCUT2D eigenvalue weighted by atomic mass is 10.2. The van der Waals surface area contributed by atoms with Crippen molar-refractivity contribution in [1.29, 1.82) is 0 Å². The highest BCUT2D eigenvalue weighted by molar-refractivity contribution is 7.09. The van der Waals surface area contributed by atoms with Crippen LogP contribution in [-0.2, 0) is 23.5 Å². The van der Waals surface area contributed by atoms with E-state index in [1.807, 2.05) is 6.92 Å². The third kappa shape index (κ3) is 12.5. The topological polar surface area (TPSA) is 46.2 Å². The molecule has 0 aromatic heterocycles. The molecule has 0 aliphatic carbocycles. The number of hydrogen-bond donors (Lipinski definition) is 0. The molecule has 0 spiro atoms. The van der Waals surface area contributed by atoms with Crippen molar-refractivity contribution in [3.63, 3.8) is 0 Å². The number of alkyl halides is 1. The van der Waals surface area contributed by atoms with Crippen molar-refractivity contribution in [1.82, 2.24) is 0 Å². The molecular formula is C19H40FO5P. The van der Waals surface area contributed by atoms with Gasteiger partial charge in [0, 0.05) is 29.3 Å². The Morgan fingerprint density at radius 1 is 0.846 bits per heavy atom. The predicted octanol–water partition coefficient (Wildman–Crippen LogP) is 4.68. The van der Waals surface area contributed by atoms with E-state index >= 15 is 0 Å². The Balaban J connectivity index is 4.67. The normalized spacial score (nSPS) is 16.4. The van der Waals surface area contributed by atoms with E-state index in [2.05, 4.69) is 30.2 Å². The highest BCUT2D eigenvalue weighted by Gasteiger charge is 2.29. The van der Waals surface area contributed by atoms with Crippen molar-refractivity contribution in [3.05, 3.63) is 0 Å². The third-order valence-corrected chi connectivity index (χ3v) is 4.32. The van der Waals surface area contributed by atoms with Crippen molar-refractivity contribution < 1.29 is 27.9 Å². The zero-order valence-electron chi connectivity index (χ0n) is 17.1. The molecule has 26 heavy (non-hydrogen) atoms. The smallest absolute Gasteiger partial charge is 0.189 e. The van der Waals surface area contributed by atoms with E-state index in [-0.39, 0.29) is 6.10 Å². The van der Waals surface area contributed by atoms with Gasteiger partial charge in [0.2, 0.25) is 0 Å². The van der Waals surface area contributed by atoms with Crippen molar-refractivity contribution in [2.45, 2.75) is 90.8 Å². The van der Waals surface area contributed by atoms with Gasteiger partial charge >= 0.3 is 0 Å². The molecular weight excluding hydrogens is 358 g/mol. The van der Waals surface area contributed by atoms with Crippen LogP contribution in [0.4, 0.5) is 4.39 Å². The van der Waals surface area contributed by atoms with Crippen molar-refractivity contribution in [3.8, 4) is 0 Å². The van der Waals surface area contributed by atoms with E-state index in [4.69, 9.17) is 23.5 Å². The van der Waals surface area contributed by atoms with E-state index < -0.39 is 25.2 Å². The Hall–Kier alpha value is 0.160. The van der Waals surface area contributed by atoms with Crippen LogP contribution in [0.1, 0.15) is 66.2 Å². The average molecular weight is 398 g/mol. The fraction of sp³-hybridized carbons (Fsp3) is 1.00. The fourth-order valence-corrected chi connectivity index (χ4v) is 2.44. The third-order valence-electron chi connectivity index (χ3n) is 4.06. The molecule has 0 aromatic rings. The molecule has 0 heterocycles. The molecule has 7 heteroatoms. The minimum absolute atomic E-state index is 0.354. The lowest BCUT2D eigenvalue weighted by Crippen LogP contribution is -2.43. The van der Waals surface area contributed by atoms with Gasteiger partial charge in [-0.2, -0.15) is 0 Å². The van der Waals surface area contributed by atoms with Crippen LogP contribution in [0.15, 0.2) is 0 Å². The molecule has 0 amide bonds. The van der Waals surface area contributed by atoms with Gasteiger partial charge in [-0.15, -0.1) is 0 Å².